The third kappa shape index (κ3) is 2.36. The van der Waals surface area contributed by atoms with Crippen LogP contribution in [-0.2, 0) is 10.0 Å². The largest absolute Gasteiger partial charge is 0.478 e. The van der Waals surface area contributed by atoms with E-state index in [4.69, 9.17) is 5.11 Å². The minimum absolute atomic E-state index is 0.0282. The molecule has 0 unspecified atom stereocenters. The van der Waals surface area contributed by atoms with Crippen molar-refractivity contribution in [2.45, 2.75) is 30.0 Å². The fourth-order valence-electron chi connectivity index (χ4n) is 1.67. The number of carbonyl (C=O) groups is 1. The van der Waals surface area contributed by atoms with E-state index in [0.29, 0.717) is 6.54 Å². The summed E-state index contributed by atoms with van der Waals surface area (Å²) >= 11 is 0.963. The van der Waals surface area contributed by atoms with E-state index < -0.39 is 16.0 Å². The van der Waals surface area contributed by atoms with Crippen molar-refractivity contribution < 1.29 is 18.3 Å². The summed E-state index contributed by atoms with van der Waals surface area (Å²) in [4.78, 5) is 10.7. The quantitative estimate of drug-likeness (QED) is 0.886. The molecule has 0 radical (unpaired) electrons. The van der Waals surface area contributed by atoms with E-state index in [-0.39, 0.29) is 15.8 Å². The molecule has 17 heavy (non-hydrogen) atoms. The van der Waals surface area contributed by atoms with Crippen LogP contribution in [0.5, 0.6) is 0 Å². The van der Waals surface area contributed by atoms with Gasteiger partial charge in [-0.2, -0.15) is 4.31 Å². The number of carboxylic acid groups (broad SMARTS) is 1. The Labute approximate surface area is 104 Å². The van der Waals surface area contributed by atoms with Crippen LogP contribution in [0.2, 0.25) is 0 Å². The smallest absolute Gasteiger partial charge is 0.336 e. The minimum atomic E-state index is -3.51. The molecule has 0 spiro atoms. The average molecular weight is 275 g/mol. The molecule has 1 aliphatic carbocycles. The van der Waals surface area contributed by atoms with Gasteiger partial charge in [0, 0.05) is 18.0 Å². The van der Waals surface area contributed by atoms with Gasteiger partial charge in [-0.15, -0.1) is 11.3 Å². The number of sulfonamides is 1. The highest BCUT2D eigenvalue weighted by Gasteiger charge is 2.37. The molecule has 0 bridgehead atoms. The Balaban J connectivity index is 2.32. The van der Waals surface area contributed by atoms with E-state index in [1.807, 2.05) is 0 Å². The Kier molecular flexibility index (Phi) is 3.24. The molecule has 1 aliphatic rings. The molecule has 0 amide bonds. The van der Waals surface area contributed by atoms with Crippen LogP contribution in [0.4, 0.5) is 0 Å². The molecule has 0 saturated heterocycles. The molecule has 2 rings (SSSR count). The maximum atomic E-state index is 12.2. The summed E-state index contributed by atoms with van der Waals surface area (Å²) in [5, 5.41) is 10.1. The number of rotatable bonds is 5. The normalized spacial score (nSPS) is 16.4. The van der Waals surface area contributed by atoms with Gasteiger partial charge in [0.2, 0.25) is 0 Å². The maximum absolute atomic E-state index is 12.2. The standard InChI is InChI=1S/C10H13NO4S2/c1-2-11(8-3-4-8)17(14,15)9-5-7(6-16-9)10(12)13/h5-6,8H,2-4H2,1H3,(H,12,13). The van der Waals surface area contributed by atoms with E-state index in [1.54, 1.807) is 6.92 Å². The highest BCUT2D eigenvalue weighted by molar-refractivity contribution is 7.91. The van der Waals surface area contributed by atoms with Crippen LogP contribution in [0.1, 0.15) is 30.1 Å². The molecule has 0 atom stereocenters. The first-order chi connectivity index (χ1) is 7.96. The second kappa shape index (κ2) is 4.40. The van der Waals surface area contributed by atoms with Crippen molar-refractivity contribution in [1.29, 1.82) is 0 Å². The zero-order chi connectivity index (χ0) is 12.6. The number of hydrogen-bond donors (Lipinski definition) is 1. The number of thiophene rings is 1. The predicted octanol–water partition coefficient (Wildman–Crippen LogP) is 1.62. The maximum Gasteiger partial charge on any atom is 0.336 e. The molecule has 5 nitrogen and oxygen atoms in total. The molecule has 1 heterocycles. The lowest BCUT2D eigenvalue weighted by molar-refractivity contribution is 0.0697. The van der Waals surface area contributed by atoms with Gasteiger partial charge in [0.15, 0.2) is 0 Å². The van der Waals surface area contributed by atoms with Gasteiger partial charge < -0.3 is 5.11 Å². The summed E-state index contributed by atoms with van der Waals surface area (Å²) in [7, 11) is -3.51. The molecule has 1 saturated carbocycles. The Hall–Kier alpha value is -0.920. The van der Waals surface area contributed by atoms with Crippen LogP contribution >= 0.6 is 11.3 Å². The van der Waals surface area contributed by atoms with Crippen LogP contribution in [0, 0.1) is 0 Å². The highest BCUT2D eigenvalue weighted by Crippen LogP contribution is 2.33. The fraction of sp³-hybridized carbons (Fsp3) is 0.500. The molecular formula is C10H13NO4S2. The van der Waals surface area contributed by atoms with Gasteiger partial charge in [0.1, 0.15) is 4.21 Å². The average Bonchev–Trinajstić information content (AvgIpc) is 2.94. The SMILES string of the molecule is CCN(C1CC1)S(=O)(=O)c1cc(C(=O)O)cs1. The van der Waals surface area contributed by atoms with Crippen LogP contribution in [0.3, 0.4) is 0 Å². The number of carboxylic acids is 1. The molecule has 0 aromatic carbocycles. The molecule has 1 aromatic heterocycles. The Morgan fingerprint density at radius 3 is 2.65 bits per heavy atom. The molecule has 0 aliphatic heterocycles. The van der Waals surface area contributed by atoms with Crippen molar-refractivity contribution in [3.05, 3.63) is 17.0 Å². The van der Waals surface area contributed by atoms with Crippen LogP contribution < -0.4 is 0 Å². The summed E-state index contributed by atoms with van der Waals surface area (Å²) in [6.45, 7) is 2.22. The Bertz CT molecular complexity index is 530. The lowest BCUT2D eigenvalue weighted by atomic mass is 10.4. The number of nitrogens with zero attached hydrogens (tertiary/aromatic N) is 1. The van der Waals surface area contributed by atoms with Crippen molar-refractivity contribution >= 4 is 27.3 Å². The fourth-order valence-corrected chi connectivity index (χ4v) is 4.64. The first-order valence-electron chi connectivity index (χ1n) is 5.30. The minimum Gasteiger partial charge on any atom is -0.478 e. The Morgan fingerprint density at radius 1 is 1.59 bits per heavy atom. The monoisotopic (exact) mass is 275 g/mol. The zero-order valence-electron chi connectivity index (χ0n) is 9.29. The Morgan fingerprint density at radius 2 is 2.24 bits per heavy atom. The van der Waals surface area contributed by atoms with Crippen LogP contribution in [-0.4, -0.2) is 36.4 Å². The summed E-state index contributed by atoms with van der Waals surface area (Å²) < 4.78 is 26.0. The van der Waals surface area contributed by atoms with E-state index in [2.05, 4.69) is 0 Å². The molecular weight excluding hydrogens is 262 g/mol. The van der Waals surface area contributed by atoms with Gasteiger partial charge in [-0.25, -0.2) is 13.2 Å². The van der Waals surface area contributed by atoms with E-state index in [0.717, 1.165) is 24.2 Å². The van der Waals surface area contributed by atoms with Gasteiger partial charge in [-0.1, -0.05) is 6.92 Å². The van der Waals surface area contributed by atoms with E-state index in [1.165, 1.54) is 15.8 Å². The lowest BCUT2D eigenvalue weighted by Crippen LogP contribution is -2.32. The van der Waals surface area contributed by atoms with Crippen molar-refractivity contribution in [1.82, 2.24) is 4.31 Å². The van der Waals surface area contributed by atoms with E-state index >= 15 is 0 Å². The number of aromatic carboxylic acids is 1. The van der Waals surface area contributed by atoms with Gasteiger partial charge in [-0.05, 0) is 18.9 Å². The third-order valence-electron chi connectivity index (χ3n) is 2.65. The van der Waals surface area contributed by atoms with Crippen LogP contribution in [0.25, 0.3) is 0 Å². The first kappa shape index (κ1) is 12.5. The highest BCUT2D eigenvalue weighted by atomic mass is 32.2. The number of hydrogen-bond acceptors (Lipinski definition) is 4. The summed E-state index contributed by atoms with van der Waals surface area (Å²) in [6, 6.07) is 1.33. The zero-order valence-corrected chi connectivity index (χ0v) is 10.9. The second-order valence-electron chi connectivity index (χ2n) is 3.90. The molecule has 7 heteroatoms. The van der Waals surface area contributed by atoms with Crippen molar-refractivity contribution in [3.63, 3.8) is 0 Å². The summed E-state index contributed by atoms with van der Waals surface area (Å²) in [6.07, 6.45) is 1.79. The third-order valence-corrected chi connectivity index (χ3v) is 6.09. The van der Waals surface area contributed by atoms with Crippen molar-refractivity contribution in [2.75, 3.05) is 6.54 Å². The summed E-state index contributed by atoms with van der Waals surface area (Å²) in [5.41, 5.74) is 0.0282. The van der Waals surface area contributed by atoms with E-state index in [9.17, 15) is 13.2 Å². The second-order valence-corrected chi connectivity index (χ2v) is 6.93. The molecule has 1 aromatic rings. The molecule has 1 fully saturated rings. The van der Waals surface area contributed by atoms with Crippen molar-refractivity contribution in [3.8, 4) is 0 Å². The molecule has 94 valence electrons. The first-order valence-corrected chi connectivity index (χ1v) is 7.62. The van der Waals surface area contributed by atoms with Crippen molar-refractivity contribution in [2.24, 2.45) is 0 Å². The summed E-state index contributed by atoms with van der Waals surface area (Å²) in [5.74, 6) is -1.10. The predicted molar refractivity (Wildman–Crippen MR) is 63.9 cm³/mol. The lowest BCUT2D eigenvalue weighted by Gasteiger charge is -2.18. The van der Waals surface area contributed by atoms with Gasteiger partial charge in [0.25, 0.3) is 10.0 Å². The topological polar surface area (TPSA) is 74.7 Å². The van der Waals surface area contributed by atoms with Gasteiger partial charge in [0.05, 0.1) is 5.56 Å². The van der Waals surface area contributed by atoms with Gasteiger partial charge in [-0.3, -0.25) is 0 Å². The van der Waals surface area contributed by atoms with Crippen LogP contribution in [0.15, 0.2) is 15.7 Å². The molecule has 1 N–H and O–H groups in total. The van der Waals surface area contributed by atoms with Gasteiger partial charge >= 0.3 is 5.97 Å².